The fourth-order valence-corrected chi connectivity index (χ4v) is 4.09. The Morgan fingerprint density at radius 2 is 1.92 bits per heavy atom. The first-order chi connectivity index (χ1) is 11.5. The molecule has 0 aromatic heterocycles. The molecule has 1 amide bonds. The zero-order valence-corrected chi connectivity index (χ0v) is 15.7. The fourth-order valence-electron chi connectivity index (χ4n) is 3.96. The number of rotatable bonds is 5. The Morgan fingerprint density at radius 3 is 2.42 bits per heavy atom. The van der Waals surface area contributed by atoms with Crippen molar-refractivity contribution < 1.29 is 9.53 Å². The van der Waals surface area contributed by atoms with Gasteiger partial charge in [-0.25, -0.2) is 0 Å². The lowest BCUT2D eigenvalue weighted by atomic mass is 9.86. The van der Waals surface area contributed by atoms with E-state index in [0.717, 1.165) is 50.4 Å². The van der Waals surface area contributed by atoms with Crippen LogP contribution in [0.2, 0.25) is 5.02 Å². The van der Waals surface area contributed by atoms with Crippen LogP contribution in [-0.4, -0.2) is 29.5 Å². The lowest BCUT2D eigenvalue weighted by Gasteiger charge is -2.36. The molecule has 1 aromatic carbocycles. The van der Waals surface area contributed by atoms with Gasteiger partial charge in [0.05, 0.1) is 0 Å². The van der Waals surface area contributed by atoms with Crippen molar-refractivity contribution in [2.75, 3.05) is 13.1 Å². The number of hydrogen-bond acceptors (Lipinski definition) is 2. The number of likely N-dealkylation sites (tertiary alicyclic amines) is 1. The summed E-state index contributed by atoms with van der Waals surface area (Å²) in [6.07, 6.45) is 4.02. The van der Waals surface area contributed by atoms with Gasteiger partial charge in [0.1, 0.15) is 5.75 Å². The van der Waals surface area contributed by atoms with Gasteiger partial charge in [0.25, 0.3) is 5.91 Å². The molecule has 0 unspecified atom stereocenters. The molecule has 1 aromatic rings. The molecule has 1 aliphatic carbocycles. The summed E-state index contributed by atoms with van der Waals surface area (Å²) in [5, 5.41) is 0.682. The van der Waals surface area contributed by atoms with Gasteiger partial charge in [0.2, 0.25) is 0 Å². The zero-order valence-electron chi connectivity index (χ0n) is 14.9. The average molecular weight is 350 g/mol. The predicted octanol–water partition coefficient (Wildman–Crippen LogP) is 4.78. The predicted molar refractivity (Wildman–Crippen MR) is 97.4 cm³/mol. The highest BCUT2D eigenvalue weighted by Gasteiger charge is 2.63. The molecule has 132 valence electrons. The number of ether oxygens (including phenoxy) is 1. The van der Waals surface area contributed by atoms with E-state index in [-0.39, 0.29) is 5.91 Å². The average Bonchev–Trinajstić information content (AvgIpc) is 3.30. The summed E-state index contributed by atoms with van der Waals surface area (Å²) >= 11 is 5.95. The molecule has 1 saturated carbocycles. The van der Waals surface area contributed by atoms with E-state index in [1.165, 1.54) is 0 Å². The van der Waals surface area contributed by atoms with Gasteiger partial charge in [-0.3, -0.25) is 4.79 Å². The van der Waals surface area contributed by atoms with Crippen LogP contribution in [0.3, 0.4) is 0 Å². The molecule has 4 heteroatoms. The maximum atomic E-state index is 13.2. The van der Waals surface area contributed by atoms with Gasteiger partial charge in [-0.1, -0.05) is 32.4 Å². The molecule has 2 atom stereocenters. The van der Waals surface area contributed by atoms with E-state index in [0.29, 0.717) is 16.9 Å². The number of carbonyl (C=O) groups excluding carboxylic acids is 1. The summed E-state index contributed by atoms with van der Waals surface area (Å²) in [4.78, 5) is 15.2. The van der Waals surface area contributed by atoms with Gasteiger partial charge in [-0.15, -0.1) is 0 Å². The topological polar surface area (TPSA) is 29.5 Å². The molecule has 0 spiro atoms. The molecule has 0 N–H and O–H groups in total. The van der Waals surface area contributed by atoms with E-state index in [2.05, 4.69) is 20.8 Å². The lowest BCUT2D eigenvalue weighted by Crippen LogP contribution is -2.48. The Hall–Kier alpha value is -1.22. The van der Waals surface area contributed by atoms with Gasteiger partial charge >= 0.3 is 0 Å². The Morgan fingerprint density at radius 1 is 1.29 bits per heavy atom. The largest absolute Gasteiger partial charge is 0.477 e. The van der Waals surface area contributed by atoms with E-state index in [1.807, 2.05) is 29.2 Å². The monoisotopic (exact) mass is 349 g/mol. The molecule has 2 fully saturated rings. The molecular weight excluding hydrogens is 322 g/mol. The number of benzene rings is 1. The summed E-state index contributed by atoms with van der Waals surface area (Å²) in [7, 11) is 0. The van der Waals surface area contributed by atoms with E-state index >= 15 is 0 Å². The van der Waals surface area contributed by atoms with Crippen LogP contribution in [-0.2, 0) is 4.79 Å². The number of hydrogen-bond donors (Lipinski definition) is 0. The maximum absolute atomic E-state index is 13.2. The van der Waals surface area contributed by atoms with Crippen molar-refractivity contribution in [1.82, 2.24) is 4.90 Å². The van der Waals surface area contributed by atoms with E-state index in [1.54, 1.807) is 0 Å². The van der Waals surface area contributed by atoms with Crippen LogP contribution in [0.5, 0.6) is 5.75 Å². The first kappa shape index (κ1) is 17.6. The van der Waals surface area contributed by atoms with Crippen molar-refractivity contribution in [2.24, 2.45) is 17.8 Å². The number of nitrogens with zero attached hydrogens (tertiary/aromatic N) is 1. The van der Waals surface area contributed by atoms with Crippen LogP contribution in [0.4, 0.5) is 0 Å². The summed E-state index contributed by atoms with van der Waals surface area (Å²) < 4.78 is 6.21. The molecular formula is C20H28ClNO2. The van der Waals surface area contributed by atoms with Crippen molar-refractivity contribution in [2.45, 2.75) is 52.1 Å². The Bertz CT molecular complexity index is 578. The highest BCUT2D eigenvalue weighted by atomic mass is 35.5. The Labute approximate surface area is 150 Å². The highest BCUT2D eigenvalue weighted by Crippen LogP contribution is 2.50. The molecule has 24 heavy (non-hydrogen) atoms. The maximum Gasteiger partial charge on any atom is 0.267 e. The van der Waals surface area contributed by atoms with Crippen LogP contribution in [0, 0.1) is 17.8 Å². The number of amides is 1. The standard InChI is InChI=1S/C20H28ClNO2/c1-4-16-13-20(16,24-18-7-5-17(21)6-8-18)19(23)22-11-9-15(10-12-22)14(2)3/h5-8,14-16H,4,9-13H2,1-3H3/t16-,20+/m1/s1. The second kappa shape index (κ2) is 6.95. The van der Waals surface area contributed by atoms with Gasteiger partial charge in [-0.05, 0) is 55.4 Å². The third-order valence-corrected chi connectivity index (χ3v) is 6.04. The first-order valence-electron chi connectivity index (χ1n) is 9.20. The normalized spacial score (nSPS) is 27.4. The SMILES string of the molecule is CC[C@@H]1C[C@@]1(Oc1ccc(Cl)cc1)C(=O)N1CCC(C(C)C)CC1. The third-order valence-electron chi connectivity index (χ3n) is 5.79. The summed E-state index contributed by atoms with van der Waals surface area (Å²) in [6, 6.07) is 7.33. The molecule has 0 radical (unpaired) electrons. The van der Waals surface area contributed by atoms with Crippen molar-refractivity contribution in [1.29, 1.82) is 0 Å². The van der Waals surface area contributed by atoms with Crippen molar-refractivity contribution >= 4 is 17.5 Å². The van der Waals surface area contributed by atoms with Crippen molar-refractivity contribution in [3.63, 3.8) is 0 Å². The molecule has 1 saturated heterocycles. The van der Waals surface area contributed by atoms with Crippen LogP contribution in [0.1, 0.15) is 46.5 Å². The second-order valence-corrected chi connectivity index (χ2v) is 8.06. The molecule has 1 heterocycles. The molecule has 3 rings (SSSR count). The van der Waals surface area contributed by atoms with Crippen molar-refractivity contribution in [3.05, 3.63) is 29.3 Å². The minimum atomic E-state index is -0.646. The van der Waals surface area contributed by atoms with Gasteiger partial charge in [0, 0.05) is 30.5 Å². The highest BCUT2D eigenvalue weighted by molar-refractivity contribution is 6.30. The van der Waals surface area contributed by atoms with Gasteiger partial charge in [-0.2, -0.15) is 0 Å². The zero-order chi connectivity index (χ0) is 17.3. The van der Waals surface area contributed by atoms with E-state index in [9.17, 15) is 4.79 Å². The fraction of sp³-hybridized carbons (Fsp3) is 0.650. The number of halogens is 1. The second-order valence-electron chi connectivity index (χ2n) is 7.63. The van der Waals surface area contributed by atoms with Gasteiger partial charge in [0.15, 0.2) is 5.60 Å². The van der Waals surface area contributed by atoms with Crippen LogP contribution in [0.15, 0.2) is 24.3 Å². The molecule has 1 aliphatic heterocycles. The minimum absolute atomic E-state index is 0.187. The van der Waals surface area contributed by atoms with Crippen LogP contribution >= 0.6 is 11.6 Å². The minimum Gasteiger partial charge on any atom is -0.477 e. The number of piperidine rings is 1. The first-order valence-corrected chi connectivity index (χ1v) is 9.58. The molecule has 2 aliphatic rings. The van der Waals surface area contributed by atoms with Crippen LogP contribution < -0.4 is 4.74 Å². The third kappa shape index (κ3) is 3.42. The van der Waals surface area contributed by atoms with E-state index < -0.39 is 5.60 Å². The summed E-state index contributed by atoms with van der Waals surface area (Å²) in [5.74, 6) is 2.69. The Balaban J connectivity index is 1.69. The van der Waals surface area contributed by atoms with Gasteiger partial charge < -0.3 is 9.64 Å². The quantitative estimate of drug-likeness (QED) is 0.765. The van der Waals surface area contributed by atoms with Crippen molar-refractivity contribution in [3.8, 4) is 5.75 Å². The number of carbonyl (C=O) groups is 1. The lowest BCUT2D eigenvalue weighted by molar-refractivity contribution is -0.143. The summed E-state index contributed by atoms with van der Waals surface area (Å²) in [5.41, 5.74) is -0.646. The smallest absolute Gasteiger partial charge is 0.267 e. The molecule has 3 nitrogen and oxygen atoms in total. The molecule has 0 bridgehead atoms. The van der Waals surface area contributed by atoms with Crippen LogP contribution in [0.25, 0.3) is 0 Å². The summed E-state index contributed by atoms with van der Waals surface area (Å²) in [6.45, 7) is 8.42. The van der Waals surface area contributed by atoms with E-state index in [4.69, 9.17) is 16.3 Å². The Kier molecular flexibility index (Phi) is 5.10.